The van der Waals surface area contributed by atoms with Crippen LogP contribution in [0.4, 0.5) is 4.39 Å². The van der Waals surface area contributed by atoms with E-state index < -0.39 is 39.4 Å². The number of rotatable bonds is 5. The number of aliphatic hydroxyl groups is 1. The monoisotopic (exact) mass is 263 g/mol. The van der Waals surface area contributed by atoms with Crippen molar-refractivity contribution >= 4 is 16.0 Å². The van der Waals surface area contributed by atoms with Crippen LogP contribution in [0.2, 0.25) is 0 Å². The van der Waals surface area contributed by atoms with E-state index in [1.54, 1.807) is 4.72 Å². The van der Waals surface area contributed by atoms with Crippen LogP contribution in [0.5, 0.6) is 0 Å². The number of carboxylic acids is 1. The van der Waals surface area contributed by atoms with Crippen LogP contribution in [-0.4, -0.2) is 37.2 Å². The minimum Gasteiger partial charge on any atom is -0.480 e. The summed E-state index contributed by atoms with van der Waals surface area (Å²) in [6.45, 7) is -0.899. The maximum atomic E-state index is 12.8. The predicted octanol–water partition coefficient (Wildman–Crippen LogP) is -0.450. The Balaban J connectivity index is 3.00. The molecule has 0 aromatic heterocycles. The summed E-state index contributed by atoms with van der Waals surface area (Å²) in [5.74, 6) is -2.28. The molecule has 1 rings (SSSR count). The van der Waals surface area contributed by atoms with Crippen LogP contribution < -0.4 is 4.72 Å². The van der Waals surface area contributed by atoms with Gasteiger partial charge in [-0.05, 0) is 18.2 Å². The van der Waals surface area contributed by atoms with Crippen LogP contribution in [0.25, 0.3) is 0 Å². The third-order valence-corrected chi connectivity index (χ3v) is 3.35. The molecule has 0 aliphatic heterocycles. The van der Waals surface area contributed by atoms with Gasteiger partial charge in [0.25, 0.3) is 0 Å². The molecule has 0 saturated carbocycles. The first-order chi connectivity index (χ1) is 7.86. The second-order valence-corrected chi connectivity index (χ2v) is 4.87. The van der Waals surface area contributed by atoms with Crippen LogP contribution in [0.1, 0.15) is 0 Å². The Kier molecular flexibility index (Phi) is 4.16. The standard InChI is InChI=1S/C9H10FNO5S/c10-6-2-1-3-7(4-6)17(15,16)11-8(5-12)9(13)14/h1-4,8,11-12H,5H2,(H,13,14)/t8-/m0/s1. The van der Waals surface area contributed by atoms with Gasteiger partial charge in [-0.2, -0.15) is 4.72 Å². The highest BCUT2D eigenvalue weighted by molar-refractivity contribution is 7.89. The summed E-state index contributed by atoms with van der Waals surface area (Å²) in [6.07, 6.45) is 0. The Morgan fingerprint density at radius 2 is 2.12 bits per heavy atom. The molecule has 17 heavy (non-hydrogen) atoms. The van der Waals surface area contributed by atoms with Gasteiger partial charge in [0.05, 0.1) is 11.5 Å². The van der Waals surface area contributed by atoms with Gasteiger partial charge in [0.15, 0.2) is 0 Å². The maximum absolute atomic E-state index is 12.8. The van der Waals surface area contributed by atoms with Gasteiger partial charge >= 0.3 is 5.97 Å². The quantitative estimate of drug-likeness (QED) is 0.667. The van der Waals surface area contributed by atoms with Gasteiger partial charge in [-0.3, -0.25) is 4.79 Å². The molecule has 0 aliphatic carbocycles. The van der Waals surface area contributed by atoms with Crippen LogP contribution in [-0.2, 0) is 14.8 Å². The molecule has 0 bridgehead atoms. The lowest BCUT2D eigenvalue weighted by molar-refractivity contribution is -0.139. The van der Waals surface area contributed by atoms with Crippen molar-refractivity contribution in [3.8, 4) is 0 Å². The summed E-state index contributed by atoms with van der Waals surface area (Å²) in [6, 6.07) is 2.43. The average Bonchev–Trinajstić information content (AvgIpc) is 2.25. The Morgan fingerprint density at radius 3 is 2.59 bits per heavy atom. The van der Waals surface area contributed by atoms with E-state index in [1.165, 1.54) is 6.07 Å². The number of halogens is 1. The topological polar surface area (TPSA) is 104 Å². The molecule has 0 saturated heterocycles. The SMILES string of the molecule is O=C(O)[C@H](CO)NS(=O)(=O)c1cccc(F)c1. The van der Waals surface area contributed by atoms with Crippen molar-refractivity contribution < 1.29 is 27.8 Å². The van der Waals surface area contributed by atoms with Gasteiger partial charge in [0, 0.05) is 0 Å². The molecular formula is C9H10FNO5S. The normalized spacial score (nSPS) is 13.3. The van der Waals surface area contributed by atoms with E-state index >= 15 is 0 Å². The summed E-state index contributed by atoms with van der Waals surface area (Å²) in [5, 5.41) is 17.3. The molecule has 0 unspecified atom stereocenters. The van der Waals surface area contributed by atoms with Crippen LogP contribution in [0.15, 0.2) is 29.2 Å². The lowest BCUT2D eigenvalue weighted by Crippen LogP contribution is -2.43. The van der Waals surface area contributed by atoms with Crippen molar-refractivity contribution in [3.63, 3.8) is 0 Å². The highest BCUT2D eigenvalue weighted by atomic mass is 32.2. The third-order valence-electron chi connectivity index (χ3n) is 1.88. The molecule has 1 aromatic carbocycles. The van der Waals surface area contributed by atoms with Crippen LogP contribution in [0.3, 0.4) is 0 Å². The van der Waals surface area contributed by atoms with Gasteiger partial charge < -0.3 is 10.2 Å². The highest BCUT2D eigenvalue weighted by Crippen LogP contribution is 2.10. The van der Waals surface area contributed by atoms with E-state index in [0.717, 1.165) is 18.2 Å². The fraction of sp³-hybridized carbons (Fsp3) is 0.222. The molecule has 0 heterocycles. The number of carboxylic acid groups (broad SMARTS) is 1. The van der Waals surface area contributed by atoms with Crippen LogP contribution in [0, 0.1) is 5.82 Å². The third kappa shape index (κ3) is 3.48. The molecule has 0 spiro atoms. The molecule has 1 atom stereocenters. The fourth-order valence-electron chi connectivity index (χ4n) is 1.06. The molecule has 1 aromatic rings. The number of aliphatic carboxylic acids is 1. The number of nitrogens with one attached hydrogen (secondary N) is 1. The van der Waals surface area contributed by atoms with E-state index in [0.29, 0.717) is 0 Å². The van der Waals surface area contributed by atoms with E-state index in [1.807, 2.05) is 0 Å². The molecule has 6 nitrogen and oxygen atoms in total. The van der Waals surface area contributed by atoms with Gasteiger partial charge in [-0.1, -0.05) is 6.07 Å². The Bertz CT molecular complexity index is 516. The summed E-state index contributed by atoms with van der Waals surface area (Å²) >= 11 is 0. The second kappa shape index (κ2) is 5.21. The lowest BCUT2D eigenvalue weighted by atomic mass is 10.3. The van der Waals surface area contributed by atoms with Crippen molar-refractivity contribution in [2.75, 3.05) is 6.61 Å². The number of aliphatic hydroxyl groups excluding tert-OH is 1. The minimum atomic E-state index is -4.17. The van der Waals surface area contributed by atoms with E-state index in [9.17, 15) is 17.6 Å². The highest BCUT2D eigenvalue weighted by Gasteiger charge is 2.24. The molecular weight excluding hydrogens is 253 g/mol. The zero-order valence-electron chi connectivity index (χ0n) is 8.50. The number of hydrogen-bond acceptors (Lipinski definition) is 4. The fourth-order valence-corrected chi connectivity index (χ4v) is 2.27. The van der Waals surface area contributed by atoms with Gasteiger partial charge in [-0.25, -0.2) is 12.8 Å². The molecule has 0 radical (unpaired) electrons. The molecule has 0 aliphatic rings. The molecule has 8 heteroatoms. The van der Waals surface area contributed by atoms with Gasteiger partial charge in [0.1, 0.15) is 11.9 Å². The van der Waals surface area contributed by atoms with E-state index in [-0.39, 0.29) is 0 Å². The number of hydrogen-bond donors (Lipinski definition) is 3. The Morgan fingerprint density at radius 1 is 1.47 bits per heavy atom. The zero-order valence-corrected chi connectivity index (χ0v) is 9.32. The maximum Gasteiger partial charge on any atom is 0.324 e. The van der Waals surface area contributed by atoms with E-state index in [2.05, 4.69) is 0 Å². The van der Waals surface area contributed by atoms with E-state index in [4.69, 9.17) is 10.2 Å². The Labute approximate surface area is 96.8 Å². The summed E-state index contributed by atoms with van der Waals surface area (Å²) in [7, 11) is -4.17. The first-order valence-corrected chi connectivity index (χ1v) is 5.96. The van der Waals surface area contributed by atoms with Crippen LogP contribution >= 0.6 is 0 Å². The second-order valence-electron chi connectivity index (χ2n) is 3.15. The largest absolute Gasteiger partial charge is 0.480 e. The average molecular weight is 263 g/mol. The molecule has 0 amide bonds. The molecule has 3 N–H and O–H groups in total. The summed E-state index contributed by atoms with van der Waals surface area (Å²) in [5.41, 5.74) is 0. The zero-order chi connectivity index (χ0) is 13.1. The van der Waals surface area contributed by atoms with Crippen molar-refractivity contribution in [3.05, 3.63) is 30.1 Å². The lowest BCUT2D eigenvalue weighted by Gasteiger charge is -2.12. The number of carbonyl (C=O) groups is 1. The first kappa shape index (κ1) is 13.6. The number of sulfonamides is 1. The van der Waals surface area contributed by atoms with Crippen molar-refractivity contribution in [2.24, 2.45) is 0 Å². The summed E-state index contributed by atoms with van der Waals surface area (Å²) in [4.78, 5) is 10.1. The van der Waals surface area contributed by atoms with Gasteiger partial charge in [0.2, 0.25) is 10.0 Å². The van der Waals surface area contributed by atoms with Gasteiger partial charge in [-0.15, -0.1) is 0 Å². The Hall–Kier alpha value is -1.51. The predicted molar refractivity (Wildman–Crippen MR) is 55.2 cm³/mol. The van der Waals surface area contributed by atoms with Crippen molar-refractivity contribution in [1.82, 2.24) is 4.72 Å². The summed E-state index contributed by atoms with van der Waals surface area (Å²) < 4.78 is 37.8. The molecule has 0 fully saturated rings. The first-order valence-electron chi connectivity index (χ1n) is 4.48. The molecule has 94 valence electrons. The minimum absolute atomic E-state index is 0.405. The number of benzene rings is 1. The van der Waals surface area contributed by atoms with Crippen molar-refractivity contribution in [2.45, 2.75) is 10.9 Å². The smallest absolute Gasteiger partial charge is 0.324 e. The van der Waals surface area contributed by atoms with Crippen molar-refractivity contribution in [1.29, 1.82) is 0 Å².